The van der Waals surface area contributed by atoms with Gasteiger partial charge < -0.3 is 10.6 Å². The Kier molecular flexibility index (Phi) is 4.57. The molecule has 2 rings (SSSR count). The van der Waals surface area contributed by atoms with Gasteiger partial charge >= 0.3 is 0 Å². The molecule has 1 amide bonds. The summed E-state index contributed by atoms with van der Waals surface area (Å²) in [4.78, 5) is 16.0. The third-order valence-electron chi connectivity index (χ3n) is 2.54. The number of pyridine rings is 1. The third kappa shape index (κ3) is 3.08. The zero-order valence-corrected chi connectivity index (χ0v) is 12.7. The zero-order chi connectivity index (χ0) is 14.7. The number of anilines is 2. The molecule has 0 unspecified atom stereocenters. The highest BCUT2D eigenvalue weighted by molar-refractivity contribution is 9.10. The van der Waals surface area contributed by atoms with Gasteiger partial charge in [-0.1, -0.05) is 17.7 Å². The minimum Gasteiger partial charge on any atom is -0.372 e. The van der Waals surface area contributed by atoms with Gasteiger partial charge in [0.2, 0.25) is 0 Å². The van der Waals surface area contributed by atoms with Crippen LogP contribution >= 0.6 is 27.5 Å². The molecule has 0 saturated heterocycles. The third-order valence-corrected chi connectivity index (χ3v) is 3.49. The zero-order valence-electron chi connectivity index (χ0n) is 10.4. The molecular weight excluding hydrogens is 349 g/mol. The average molecular weight is 359 g/mol. The molecule has 0 aliphatic heterocycles. The number of amides is 1. The largest absolute Gasteiger partial charge is 0.372 e. The van der Waals surface area contributed by atoms with Crippen LogP contribution in [0, 0.1) is 5.82 Å². The molecule has 7 heteroatoms. The predicted octanol–water partition coefficient (Wildman–Crippen LogP) is 3.93. The Morgan fingerprint density at radius 1 is 1.45 bits per heavy atom. The van der Waals surface area contributed by atoms with Crippen LogP contribution in [0.15, 0.2) is 34.9 Å². The highest BCUT2D eigenvalue weighted by atomic mass is 79.9. The van der Waals surface area contributed by atoms with Crippen molar-refractivity contribution in [3.63, 3.8) is 0 Å². The van der Waals surface area contributed by atoms with Gasteiger partial charge in [0.25, 0.3) is 5.91 Å². The van der Waals surface area contributed by atoms with Crippen LogP contribution < -0.4 is 10.6 Å². The maximum atomic E-state index is 13.6. The summed E-state index contributed by atoms with van der Waals surface area (Å²) in [6.45, 7) is 0. The molecule has 0 saturated carbocycles. The lowest BCUT2D eigenvalue weighted by Gasteiger charge is -2.09. The van der Waals surface area contributed by atoms with Crippen molar-refractivity contribution in [2.45, 2.75) is 0 Å². The molecule has 1 aromatic heterocycles. The fourth-order valence-corrected chi connectivity index (χ4v) is 2.25. The standard InChI is InChI=1S/C13H10BrClFN3O/c1-17-12-9(15)5-7(6-18-12)13(20)19-11-8(14)3-2-4-10(11)16/h2-6H,1H3,(H,17,18)(H,19,20). The second-order valence-electron chi connectivity index (χ2n) is 3.86. The Morgan fingerprint density at radius 3 is 2.80 bits per heavy atom. The first kappa shape index (κ1) is 14.7. The molecule has 0 fully saturated rings. The number of nitrogens with one attached hydrogen (secondary N) is 2. The SMILES string of the molecule is CNc1ncc(C(=O)Nc2c(F)cccc2Br)cc1Cl. The van der Waals surface area contributed by atoms with Crippen LogP contribution in [0.4, 0.5) is 15.9 Å². The maximum absolute atomic E-state index is 13.6. The van der Waals surface area contributed by atoms with E-state index < -0.39 is 11.7 Å². The van der Waals surface area contributed by atoms with Gasteiger partial charge in [-0.15, -0.1) is 0 Å². The topological polar surface area (TPSA) is 54.0 Å². The van der Waals surface area contributed by atoms with Gasteiger partial charge in [-0.2, -0.15) is 0 Å². The summed E-state index contributed by atoms with van der Waals surface area (Å²) in [6.07, 6.45) is 1.36. The van der Waals surface area contributed by atoms with Gasteiger partial charge in [-0.25, -0.2) is 9.37 Å². The predicted molar refractivity (Wildman–Crippen MR) is 80.8 cm³/mol. The van der Waals surface area contributed by atoms with Crippen molar-refractivity contribution < 1.29 is 9.18 Å². The smallest absolute Gasteiger partial charge is 0.257 e. The van der Waals surface area contributed by atoms with Crippen LogP contribution in [0.3, 0.4) is 0 Å². The molecule has 2 aromatic rings. The quantitative estimate of drug-likeness (QED) is 0.874. The van der Waals surface area contributed by atoms with E-state index in [2.05, 4.69) is 31.5 Å². The molecule has 2 N–H and O–H groups in total. The first-order valence-electron chi connectivity index (χ1n) is 5.61. The van der Waals surface area contributed by atoms with Crippen LogP contribution in [-0.4, -0.2) is 17.9 Å². The number of aromatic nitrogens is 1. The lowest BCUT2D eigenvalue weighted by Crippen LogP contribution is -2.14. The summed E-state index contributed by atoms with van der Waals surface area (Å²) >= 11 is 9.13. The van der Waals surface area contributed by atoms with Crippen molar-refractivity contribution in [2.24, 2.45) is 0 Å². The number of nitrogens with zero attached hydrogens (tertiary/aromatic N) is 1. The van der Waals surface area contributed by atoms with Crippen molar-refractivity contribution in [3.05, 3.63) is 51.3 Å². The van der Waals surface area contributed by atoms with E-state index in [1.165, 1.54) is 24.4 Å². The lowest BCUT2D eigenvalue weighted by atomic mass is 10.2. The molecule has 0 aliphatic rings. The summed E-state index contributed by atoms with van der Waals surface area (Å²) in [5.74, 6) is -0.554. The van der Waals surface area contributed by atoms with Crippen molar-refractivity contribution in [1.29, 1.82) is 0 Å². The van der Waals surface area contributed by atoms with Gasteiger partial charge in [-0.05, 0) is 34.1 Å². The Morgan fingerprint density at radius 2 is 2.20 bits per heavy atom. The monoisotopic (exact) mass is 357 g/mol. The number of hydrogen-bond donors (Lipinski definition) is 2. The van der Waals surface area contributed by atoms with Crippen LogP contribution in [0.1, 0.15) is 10.4 Å². The number of rotatable bonds is 3. The van der Waals surface area contributed by atoms with Gasteiger partial charge in [0.05, 0.1) is 16.3 Å². The number of halogens is 3. The van der Waals surface area contributed by atoms with Gasteiger partial charge in [0, 0.05) is 17.7 Å². The van der Waals surface area contributed by atoms with E-state index in [-0.39, 0.29) is 11.3 Å². The molecule has 0 radical (unpaired) electrons. The number of carbonyl (C=O) groups excluding carboxylic acids is 1. The number of carbonyl (C=O) groups is 1. The minimum atomic E-state index is -0.529. The summed E-state index contributed by atoms with van der Waals surface area (Å²) in [6, 6.07) is 5.89. The average Bonchev–Trinajstić information content (AvgIpc) is 2.42. The van der Waals surface area contributed by atoms with Crippen LogP contribution in [-0.2, 0) is 0 Å². The molecule has 0 spiro atoms. The van der Waals surface area contributed by atoms with E-state index in [0.717, 1.165) is 0 Å². The first-order chi connectivity index (χ1) is 9.52. The summed E-state index contributed by atoms with van der Waals surface area (Å²) in [5.41, 5.74) is 0.315. The second kappa shape index (κ2) is 6.19. The molecule has 104 valence electrons. The van der Waals surface area contributed by atoms with Crippen LogP contribution in [0.25, 0.3) is 0 Å². The van der Waals surface area contributed by atoms with Crippen molar-refractivity contribution in [1.82, 2.24) is 4.98 Å². The van der Waals surface area contributed by atoms with Crippen molar-refractivity contribution in [2.75, 3.05) is 17.7 Å². The summed E-state index contributed by atoms with van der Waals surface area (Å²) < 4.78 is 14.1. The molecular formula is C13H10BrClFN3O. The van der Waals surface area contributed by atoms with Gasteiger partial charge in [-0.3, -0.25) is 4.79 Å². The molecule has 4 nitrogen and oxygen atoms in total. The number of hydrogen-bond acceptors (Lipinski definition) is 3. The fourth-order valence-electron chi connectivity index (χ4n) is 1.55. The lowest BCUT2D eigenvalue weighted by molar-refractivity contribution is 0.102. The minimum absolute atomic E-state index is 0.0753. The molecule has 1 aromatic carbocycles. The fraction of sp³-hybridized carbons (Fsp3) is 0.0769. The highest BCUT2D eigenvalue weighted by Gasteiger charge is 2.13. The molecule has 0 bridgehead atoms. The van der Waals surface area contributed by atoms with Gasteiger partial charge in [0.15, 0.2) is 0 Å². The van der Waals surface area contributed by atoms with Crippen LogP contribution in [0.5, 0.6) is 0 Å². The van der Waals surface area contributed by atoms with E-state index in [9.17, 15) is 9.18 Å². The van der Waals surface area contributed by atoms with E-state index in [1.54, 1.807) is 13.1 Å². The maximum Gasteiger partial charge on any atom is 0.257 e. The Bertz CT molecular complexity index is 646. The molecule has 1 heterocycles. The molecule has 0 aliphatic carbocycles. The summed E-state index contributed by atoms with van der Waals surface area (Å²) in [7, 11) is 1.67. The van der Waals surface area contributed by atoms with E-state index in [1.807, 2.05) is 0 Å². The highest BCUT2D eigenvalue weighted by Crippen LogP contribution is 2.26. The van der Waals surface area contributed by atoms with E-state index in [4.69, 9.17) is 11.6 Å². The normalized spacial score (nSPS) is 10.2. The molecule has 0 atom stereocenters. The Labute approximate surface area is 128 Å². The summed E-state index contributed by atoms with van der Waals surface area (Å²) in [5, 5.41) is 5.58. The Hall–Kier alpha value is -1.66. The van der Waals surface area contributed by atoms with E-state index in [0.29, 0.717) is 15.3 Å². The Balaban J connectivity index is 2.26. The first-order valence-corrected chi connectivity index (χ1v) is 6.78. The molecule has 20 heavy (non-hydrogen) atoms. The van der Waals surface area contributed by atoms with Crippen LogP contribution in [0.2, 0.25) is 5.02 Å². The number of benzene rings is 1. The van der Waals surface area contributed by atoms with Crippen molar-refractivity contribution >= 4 is 44.9 Å². The van der Waals surface area contributed by atoms with Gasteiger partial charge in [0.1, 0.15) is 11.6 Å². The van der Waals surface area contributed by atoms with Crippen molar-refractivity contribution in [3.8, 4) is 0 Å². The number of para-hydroxylation sites is 1. The second-order valence-corrected chi connectivity index (χ2v) is 5.12. The van der Waals surface area contributed by atoms with E-state index >= 15 is 0 Å².